The van der Waals surface area contributed by atoms with Crippen LogP contribution in [0.3, 0.4) is 0 Å². The molecule has 2 heterocycles. The maximum atomic E-state index is 13.0. The summed E-state index contributed by atoms with van der Waals surface area (Å²) in [6.45, 7) is 1.86. The summed E-state index contributed by atoms with van der Waals surface area (Å²) in [5.41, 5.74) is 1.83. The molecule has 114 valence electrons. The number of aromatic amines is 1. The van der Waals surface area contributed by atoms with Crippen molar-refractivity contribution in [1.29, 1.82) is 0 Å². The number of rotatable bonds is 2. The number of alkyl halides is 3. The fourth-order valence-corrected chi connectivity index (χ4v) is 2.97. The normalized spacial score (nSPS) is 11.9. The lowest BCUT2D eigenvalue weighted by atomic mass is 10.1. The van der Waals surface area contributed by atoms with Crippen LogP contribution in [-0.2, 0) is 6.18 Å². The van der Waals surface area contributed by atoms with Gasteiger partial charge in [-0.25, -0.2) is 9.37 Å². The van der Waals surface area contributed by atoms with Gasteiger partial charge in [0.1, 0.15) is 5.82 Å². The van der Waals surface area contributed by atoms with E-state index in [0.717, 1.165) is 5.56 Å². The third-order valence-electron chi connectivity index (χ3n) is 3.07. The van der Waals surface area contributed by atoms with Gasteiger partial charge in [-0.1, -0.05) is 0 Å². The molecule has 1 N–H and O–H groups in total. The van der Waals surface area contributed by atoms with Crippen LogP contribution < -0.4 is 0 Å². The summed E-state index contributed by atoms with van der Waals surface area (Å²) < 4.78 is 51.8. The monoisotopic (exact) mass is 326 g/mol. The number of hydrogen-bond acceptors (Lipinski definition) is 2. The van der Waals surface area contributed by atoms with Gasteiger partial charge in [-0.3, -0.25) is 0 Å². The van der Waals surface area contributed by atoms with Crippen LogP contribution in [0.5, 0.6) is 0 Å². The summed E-state index contributed by atoms with van der Waals surface area (Å²) >= 11 is 1.33. The minimum Gasteiger partial charge on any atom is -0.333 e. The van der Waals surface area contributed by atoms with Gasteiger partial charge in [0, 0.05) is 5.56 Å². The zero-order valence-electron chi connectivity index (χ0n) is 11.3. The van der Waals surface area contributed by atoms with E-state index in [1.54, 1.807) is 6.07 Å². The zero-order chi connectivity index (χ0) is 15.9. The number of halogens is 4. The van der Waals surface area contributed by atoms with Crippen LogP contribution in [-0.4, -0.2) is 9.97 Å². The van der Waals surface area contributed by atoms with Crippen LogP contribution in [0.4, 0.5) is 17.6 Å². The Morgan fingerprint density at radius 2 is 1.82 bits per heavy atom. The number of hydrogen-bond donors (Lipinski definition) is 1. The molecule has 0 saturated heterocycles. The van der Waals surface area contributed by atoms with E-state index >= 15 is 0 Å². The van der Waals surface area contributed by atoms with Crippen molar-refractivity contribution < 1.29 is 17.6 Å². The van der Waals surface area contributed by atoms with Crippen LogP contribution in [0.25, 0.3) is 21.8 Å². The van der Waals surface area contributed by atoms with E-state index in [1.165, 1.54) is 35.6 Å². The second-order valence-electron chi connectivity index (χ2n) is 4.80. The van der Waals surface area contributed by atoms with E-state index in [4.69, 9.17) is 0 Å². The molecular formula is C15H10F4N2S. The highest BCUT2D eigenvalue weighted by Crippen LogP contribution is 2.37. The standard InChI is InChI=1S/C15H10F4N2S/c1-8-6-11(22-7-8)13-12(9-2-4-10(16)5-3-9)20-14(21-13)15(17,18)19/h2-7H,1H3,(H,20,21). The summed E-state index contributed by atoms with van der Waals surface area (Å²) in [6, 6.07) is 7.00. The fourth-order valence-electron chi connectivity index (χ4n) is 2.06. The Morgan fingerprint density at radius 1 is 1.14 bits per heavy atom. The number of imidazole rings is 1. The van der Waals surface area contributed by atoms with Gasteiger partial charge in [0.25, 0.3) is 0 Å². The molecule has 0 aliphatic carbocycles. The molecule has 0 saturated carbocycles. The van der Waals surface area contributed by atoms with Gasteiger partial charge in [0.15, 0.2) is 0 Å². The molecule has 0 bridgehead atoms. The quantitative estimate of drug-likeness (QED) is 0.638. The molecule has 3 aromatic rings. The van der Waals surface area contributed by atoms with Crippen molar-refractivity contribution in [2.24, 2.45) is 0 Å². The topological polar surface area (TPSA) is 28.7 Å². The molecule has 2 aromatic heterocycles. The smallest absolute Gasteiger partial charge is 0.333 e. The molecule has 1 aromatic carbocycles. The maximum absolute atomic E-state index is 13.0. The predicted octanol–water partition coefficient (Wildman–Crippen LogP) is 5.27. The predicted molar refractivity (Wildman–Crippen MR) is 77.0 cm³/mol. The largest absolute Gasteiger partial charge is 0.449 e. The summed E-state index contributed by atoms with van der Waals surface area (Å²) in [6.07, 6.45) is -4.57. The average Bonchev–Trinajstić information content (AvgIpc) is 3.05. The number of H-pyrrole nitrogens is 1. The van der Waals surface area contributed by atoms with Crippen molar-refractivity contribution >= 4 is 11.3 Å². The van der Waals surface area contributed by atoms with Crippen LogP contribution in [0, 0.1) is 12.7 Å². The first-order chi connectivity index (χ1) is 10.3. The van der Waals surface area contributed by atoms with Crippen molar-refractivity contribution in [3.05, 3.63) is 52.9 Å². The van der Waals surface area contributed by atoms with E-state index < -0.39 is 17.8 Å². The fraction of sp³-hybridized carbons (Fsp3) is 0.133. The van der Waals surface area contributed by atoms with Gasteiger partial charge in [-0.2, -0.15) is 13.2 Å². The Morgan fingerprint density at radius 3 is 2.36 bits per heavy atom. The highest BCUT2D eigenvalue weighted by atomic mass is 32.1. The summed E-state index contributed by atoms with van der Waals surface area (Å²) in [7, 11) is 0. The molecule has 0 radical (unpaired) electrons. The van der Waals surface area contributed by atoms with Gasteiger partial charge in [0.05, 0.1) is 16.3 Å². The molecule has 22 heavy (non-hydrogen) atoms. The van der Waals surface area contributed by atoms with Crippen molar-refractivity contribution in [1.82, 2.24) is 9.97 Å². The SMILES string of the molecule is Cc1csc(-c2[nH]c(C(F)(F)F)nc2-c2ccc(F)cc2)c1. The number of benzene rings is 1. The third-order valence-corrected chi connectivity index (χ3v) is 4.13. The molecule has 0 unspecified atom stereocenters. The molecule has 0 atom stereocenters. The van der Waals surface area contributed by atoms with Gasteiger partial charge in [-0.05, 0) is 48.2 Å². The lowest BCUT2D eigenvalue weighted by Gasteiger charge is -2.00. The lowest BCUT2D eigenvalue weighted by molar-refractivity contribution is -0.144. The lowest BCUT2D eigenvalue weighted by Crippen LogP contribution is -2.07. The van der Waals surface area contributed by atoms with Crippen LogP contribution in [0.1, 0.15) is 11.4 Å². The maximum Gasteiger partial charge on any atom is 0.449 e. The third kappa shape index (κ3) is 2.76. The summed E-state index contributed by atoms with van der Waals surface area (Å²) in [4.78, 5) is 6.67. The highest BCUT2D eigenvalue weighted by Gasteiger charge is 2.36. The van der Waals surface area contributed by atoms with Gasteiger partial charge in [0.2, 0.25) is 5.82 Å². The second kappa shape index (κ2) is 5.24. The Kier molecular flexibility index (Phi) is 3.52. The van der Waals surface area contributed by atoms with Crippen molar-refractivity contribution in [2.75, 3.05) is 0 Å². The molecule has 0 spiro atoms. The van der Waals surface area contributed by atoms with Gasteiger partial charge >= 0.3 is 6.18 Å². The second-order valence-corrected chi connectivity index (χ2v) is 5.71. The summed E-state index contributed by atoms with van der Waals surface area (Å²) in [5.74, 6) is -1.52. The summed E-state index contributed by atoms with van der Waals surface area (Å²) in [5, 5.41) is 1.85. The van der Waals surface area contributed by atoms with Gasteiger partial charge < -0.3 is 4.98 Å². The number of nitrogens with one attached hydrogen (secondary N) is 1. The number of aryl methyl sites for hydroxylation is 1. The van der Waals surface area contributed by atoms with Crippen LogP contribution in [0.15, 0.2) is 35.7 Å². The number of thiophene rings is 1. The zero-order valence-corrected chi connectivity index (χ0v) is 12.1. The Balaban J connectivity index is 2.18. The first-order valence-corrected chi connectivity index (χ1v) is 7.21. The molecule has 0 aliphatic heterocycles. The van der Waals surface area contributed by atoms with E-state index in [1.807, 2.05) is 12.3 Å². The van der Waals surface area contributed by atoms with Gasteiger partial charge in [-0.15, -0.1) is 11.3 Å². The van der Waals surface area contributed by atoms with E-state index in [2.05, 4.69) is 9.97 Å². The van der Waals surface area contributed by atoms with Crippen LogP contribution in [0.2, 0.25) is 0 Å². The minimum absolute atomic E-state index is 0.161. The van der Waals surface area contributed by atoms with Crippen LogP contribution >= 0.6 is 11.3 Å². The molecular weight excluding hydrogens is 316 g/mol. The van der Waals surface area contributed by atoms with Crippen molar-refractivity contribution in [3.63, 3.8) is 0 Å². The Bertz CT molecular complexity index is 800. The van der Waals surface area contributed by atoms with E-state index in [9.17, 15) is 17.6 Å². The van der Waals surface area contributed by atoms with E-state index in [0.29, 0.717) is 10.4 Å². The number of nitrogens with zero attached hydrogens (tertiary/aromatic N) is 1. The molecule has 0 aliphatic rings. The molecule has 7 heteroatoms. The Labute approximate surface area is 127 Å². The number of aromatic nitrogens is 2. The molecule has 3 rings (SSSR count). The molecule has 0 fully saturated rings. The van der Waals surface area contributed by atoms with Crippen molar-refractivity contribution in [3.8, 4) is 21.8 Å². The highest BCUT2D eigenvalue weighted by molar-refractivity contribution is 7.13. The van der Waals surface area contributed by atoms with Crippen molar-refractivity contribution in [2.45, 2.75) is 13.1 Å². The Hall–Kier alpha value is -2.15. The molecule has 0 amide bonds. The first-order valence-electron chi connectivity index (χ1n) is 6.33. The first kappa shape index (κ1) is 14.8. The molecule has 2 nitrogen and oxygen atoms in total. The minimum atomic E-state index is -4.57. The average molecular weight is 326 g/mol. The van der Waals surface area contributed by atoms with E-state index in [-0.39, 0.29) is 11.4 Å².